The van der Waals surface area contributed by atoms with Gasteiger partial charge in [0.25, 0.3) is 5.56 Å². The van der Waals surface area contributed by atoms with E-state index in [-0.39, 0.29) is 12.2 Å². The first-order chi connectivity index (χ1) is 16.0. The van der Waals surface area contributed by atoms with Crippen LogP contribution in [-0.2, 0) is 9.53 Å². The summed E-state index contributed by atoms with van der Waals surface area (Å²) in [6, 6.07) is 16.4. The molecular formula is C26H24N2O4S. The molecule has 33 heavy (non-hydrogen) atoms. The van der Waals surface area contributed by atoms with Crippen LogP contribution in [0.1, 0.15) is 31.0 Å². The van der Waals surface area contributed by atoms with E-state index in [9.17, 15) is 9.59 Å². The molecule has 0 spiro atoms. The Labute approximate surface area is 195 Å². The molecule has 2 heterocycles. The number of thiazole rings is 1. The van der Waals surface area contributed by atoms with Crippen molar-refractivity contribution < 1.29 is 14.3 Å². The molecule has 1 aliphatic rings. The van der Waals surface area contributed by atoms with E-state index in [0.29, 0.717) is 27.2 Å². The largest absolute Gasteiger partial charge is 0.490 e. The summed E-state index contributed by atoms with van der Waals surface area (Å²) >= 11 is 1.30. The van der Waals surface area contributed by atoms with Gasteiger partial charge >= 0.3 is 5.97 Å². The Bertz CT molecular complexity index is 1380. The predicted octanol–water partition coefficient (Wildman–Crippen LogP) is 3.36. The maximum Gasteiger partial charge on any atom is 0.338 e. The highest BCUT2D eigenvalue weighted by Gasteiger charge is 2.33. The van der Waals surface area contributed by atoms with Crippen molar-refractivity contribution in [2.45, 2.75) is 19.9 Å². The van der Waals surface area contributed by atoms with Gasteiger partial charge in [0.1, 0.15) is 12.4 Å². The summed E-state index contributed by atoms with van der Waals surface area (Å²) < 4.78 is 12.9. The fourth-order valence-electron chi connectivity index (χ4n) is 3.71. The molecule has 0 radical (unpaired) electrons. The minimum absolute atomic E-state index is 0.200. The molecule has 1 atom stereocenters. The Balaban J connectivity index is 1.83. The lowest BCUT2D eigenvalue weighted by atomic mass is 9.96. The van der Waals surface area contributed by atoms with Gasteiger partial charge in [0.05, 0.1) is 28.5 Å². The zero-order valence-electron chi connectivity index (χ0n) is 18.5. The van der Waals surface area contributed by atoms with Crippen molar-refractivity contribution in [3.8, 4) is 5.75 Å². The van der Waals surface area contributed by atoms with Gasteiger partial charge in [-0.15, -0.1) is 0 Å². The minimum atomic E-state index is -0.599. The Hall–Kier alpha value is -3.71. The first kappa shape index (κ1) is 22.5. The van der Waals surface area contributed by atoms with E-state index in [1.807, 2.05) is 60.7 Å². The van der Waals surface area contributed by atoms with Crippen molar-refractivity contribution in [1.29, 1.82) is 0 Å². The van der Waals surface area contributed by atoms with Crippen LogP contribution in [0.3, 0.4) is 0 Å². The number of carbonyl (C=O) groups excluding carboxylic acids is 1. The first-order valence-electron chi connectivity index (χ1n) is 10.6. The zero-order chi connectivity index (χ0) is 23.4. The summed E-state index contributed by atoms with van der Waals surface area (Å²) in [7, 11) is 0. The van der Waals surface area contributed by atoms with Crippen molar-refractivity contribution in [2.24, 2.45) is 4.99 Å². The predicted molar refractivity (Wildman–Crippen MR) is 129 cm³/mol. The Morgan fingerprint density at radius 1 is 1.18 bits per heavy atom. The van der Waals surface area contributed by atoms with Gasteiger partial charge in [0, 0.05) is 0 Å². The summed E-state index contributed by atoms with van der Waals surface area (Å²) in [5.41, 5.74) is 2.42. The van der Waals surface area contributed by atoms with Crippen molar-refractivity contribution in [1.82, 2.24) is 4.57 Å². The normalized spacial score (nSPS) is 15.6. The summed E-state index contributed by atoms with van der Waals surface area (Å²) in [4.78, 5) is 31.5. The Morgan fingerprint density at radius 3 is 2.58 bits per heavy atom. The topological polar surface area (TPSA) is 69.9 Å². The van der Waals surface area contributed by atoms with E-state index in [1.54, 1.807) is 24.5 Å². The number of carbonyl (C=O) groups is 1. The lowest BCUT2D eigenvalue weighted by molar-refractivity contribution is -0.139. The number of esters is 1. The number of rotatable bonds is 7. The third kappa shape index (κ3) is 4.59. The first-order valence-corrected chi connectivity index (χ1v) is 11.4. The van der Waals surface area contributed by atoms with Crippen molar-refractivity contribution in [3.63, 3.8) is 0 Å². The van der Waals surface area contributed by atoms with E-state index in [4.69, 9.17) is 9.47 Å². The molecule has 6 nitrogen and oxygen atoms in total. The molecule has 1 aromatic heterocycles. The maximum absolute atomic E-state index is 13.5. The van der Waals surface area contributed by atoms with Crippen LogP contribution in [0.4, 0.5) is 0 Å². The van der Waals surface area contributed by atoms with Crippen molar-refractivity contribution in [3.05, 3.63) is 109 Å². The average Bonchev–Trinajstić information content (AvgIpc) is 3.12. The smallest absolute Gasteiger partial charge is 0.338 e. The molecule has 3 aromatic rings. The number of benzene rings is 2. The standard InChI is InChI=1S/C26H24N2O4S/c1-4-15-32-20-13-11-18(12-14-20)16-21-24(29)28-23(19-9-7-6-8-10-19)22(25(30)31-5-2)17(3)27-26(28)33-21/h4,6-14,16,23H,1,5,15H2,2-3H3/b21-16-/t23-/m1/s1. The lowest BCUT2D eigenvalue weighted by Crippen LogP contribution is -2.39. The fourth-order valence-corrected chi connectivity index (χ4v) is 4.76. The molecule has 0 amide bonds. The van der Waals surface area contributed by atoms with Gasteiger partial charge < -0.3 is 9.47 Å². The van der Waals surface area contributed by atoms with Gasteiger partial charge in [0.2, 0.25) is 0 Å². The van der Waals surface area contributed by atoms with Crippen molar-refractivity contribution in [2.75, 3.05) is 13.2 Å². The van der Waals surface area contributed by atoms with Crippen LogP contribution in [0.25, 0.3) is 6.08 Å². The maximum atomic E-state index is 13.5. The molecule has 0 saturated carbocycles. The number of allylic oxidation sites excluding steroid dienone is 1. The number of nitrogens with zero attached hydrogens (tertiary/aromatic N) is 2. The van der Waals surface area contributed by atoms with Crippen molar-refractivity contribution >= 4 is 23.4 Å². The third-order valence-electron chi connectivity index (χ3n) is 5.18. The molecule has 0 fully saturated rings. The van der Waals surface area contributed by atoms with Crippen LogP contribution < -0.4 is 19.6 Å². The van der Waals surface area contributed by atoms with Crippen LogP contribution in [0.2, 0.25) is 0 Å². The summed E-state index contributed by atoms with van der Waals surface area (Å²) in [5.74, 6) is 0.268. The average molecular weight is 461 g/mol. The number of ether oxygens (including phenoxy) is 2. The number of hydrogen-bond acceptors (Lipinski definition) is 6. The summed E-state index contributed by atoms with van der Waals surface area (Å²) in [5, 5.41) is 0. The molecule has 7 heteroatoms. The summed E-state index contributed by atoms with van der Waals surface area (Å²) in [6.45, 7) is 7.85. The van der Waals surface area contributed by atoms with Crippen LogP contribution in [0, 0.1) is 0 Å². The van der Waals surface area contributed by atoms with E-state index in [1.165, 1.54) is 11.3 Å². The van der Waals surface area contributed by atoms with Gasteiger partial charge in [-0.3, -0.25) is 9.36 Å². The van der Waals surface area contributed by atoms with Gasteiger partial charge in [-0.1, -0.05) is 66.5 Å². The van der Waals surface area contributed by atoms with Crippen LogP contribution in [0.5, 0.6) is 5.75 Å². The Morgan fingerprint density at radius 2 is 1.91 bits per heavy atom. The SMILES string of the molecule is C=CCOc1ccc(/C=c2\sc3n(c2=O)[C@H](c2ccccc2)C(C(=O)OCC)=C(C)N=3)cc1. The third-order valence-corrected chi connectivity index (χ3v) is 6.16. The second kappa shape index (κ2) is 9.83. The molecule has 1 aliphatic heterocycles. The lowest BCUT2D eigenvalue weighted by Gasteiger charge is -2.24. The molecule has 0 saturated heterocycles. The molecule has 0 unspecified atom stereocenters. The molecule has 0 N–H and O–H groups in total. The highest BCUT2D eigenvalue weighted by Crippen LogP contribution is 2.30. The highest BCUT2D eigenvalue weighted by molar-refractivity contribution is 7.07. The molecule has 0 aliphatic carbocycles. The number of hydrogen-bond donors (Lipinski definition) is 0. The van der Waals surface area contributed by atoms with E-state index in [0.717, 1.165) is 16.9 Å². The van der Waals surface area contributed by atoms with Crippen LogP contribution in [-0.4, -0.2) is 23.8 Å². The molecule has 0 bridgehead atoms. The molecule has 4 rings (SSSR count). The van der Waals surface area contributed by atoms with Gasteiger partial charge in [0.15, 0.2) is 4.80 Å². The van der Waals surface area contributed by atoms with Gasteiger partial charge in [-0.05, 0) is 43.2 Å². The monoisotopic (exact) mass is 460 g/mol. The van der Waals surface area contributed by atoms with Gasteiger partial charge in [-0.2, -0.15) is 0 Å². The minimum Gasteiger partial charge on any atom is -0.490 e. The second-order valence-electron chi connectivity index (χ2n) is 7.38. The fraction of sp³-hybridized carbons (Fsp3) is 0.192. The van der Waals surface area contributed by atoms with E-state index in [2.05, 4.69) is 11.6 Å². The zero-order valence-corrected chi connectivity index (χ0v) is 19.3. The van der Waals surface area contributed by atoms with Gasteiger partial charge in [-0.25, -0.2) is 9.79 Å². The second-order valence-corrected chi connectivity index (χ2v) is 8.39. The number of fused-ring (bicyclic) bond motifs is 1. The van der Waals surface area contributed by atoms with Crippen LogP contribution >= 0.6 is 11.3 Å². The van der Waals surface area contributed by atoms with Crippen LogP contribution in [0.15, 0.2) is 88.3 Å². The Kier molecular flexibility index (Phi) is 6.70. The number of aromatic nitrogens is 1. The van der Waals surface area contributed by atoms with E-state index >= 15 is 0 Å². The molecule has 168 valence electrons. The van der Waals surface area contributed by atoms with E-state index < -0.39 is 12.0 Å². The quantitative estimate of drug-likeness (QED) is 0.401. The summed E-state index contributed by atoms with van der Waals surface area (Å²) in [6.07, 6.45) is 3.51. The highest BCUT2D eigenvalue weighted by atomic mass is 32.1. The molecule has 2 aromatic carbocycles. The molecular weight excluding hydrogens is 436 g/mol.